The molecule has 2 N–H and O–H groups in total. The van der Waals surface area contributed by atoms with Crippen LogP contribution in [0.1, 0.15) is 16.8 Å². The number of rotatable bonds is 2. The molecule has 1 fully saturated rings. The number of phenolic OH excluding ortho intramolecular Hbond substituents is 1. The highest BCUT2D eigenvalue weighted by Gasteiger charge is 2.30. The lowest BCUT2D eigenvalue weighted by Gasteiger charge is -2.17. The standard InChI is InChI=1S/C12H12F3NO3/c13-8-3-7(9(14)11(18)10(8)15)12(19)16-2-1-6(4-16)5-17/h3,6,17-18H,1-2,4-5H2. The molecule has 0 aromatic heterocycles. The lowest BCUT2D eigenvalue weighted by Crippen LogP contribution is -2.30. The smallest absolute Gasteiger partial charge is 0.257 e. The van der Waals surface area contributed by atoms with Gasteiger partial charge >= 0.3 is 0 Å². The third-order valence-electron chi connectivity index (χ3n) is 3.19. The Morgan fingerprint density at radius 3 is 2.63 bits per heavy atom. The predicted octanol–water partition coefficient (Wildman–Crippen LogP) is 1.26. The highest BCUT2D eigenvalue weighted by atomic mass is 19.2. The molecule has 0 aliphatic carbocycles. The Morgan fingerprint density at radius 1 is 1.37 bits per heavy atom. The van der Waals surface area contributed by atoms with Gasteiger partial charge in [0.15, 0.2) is 17.4 Å². The second-order valence-electron chi connectivity index (χ2n) is 4.47. The van der Waals surface area contributed by atoms with Crippen LogP contribution < -0.4 is 0 Å². The molecular weight excluding hydrogens is 263 g/mol. The van der Waals surface area contributed by atoms with E-state index in [9.17, 15) is 18.0 Å². The third-order valence-corrected chi connectivity index (χ3v) is 3.19. The van der Waals surface area contributed by atoms with E-state index in [1.807, 2.05) is 0 Å². The van der Waals surface area contributed by atoms with Crippen LogP contribution in [0.15, 0.2) is 6.07 Å². The number of aliphatic hydroxyl groups excluding tert-OH is 1. The highest BCUT2D eigenvalue weighted by Crippen LogP contribution is 2.28. The van der Waals surface area contributed by atoms with Crippen LogP contribution in [0, 0.1) is 23.4 Å². The molecule has 1 unspecified atom stereocenters. The molecule has 1 heterocycles. The number of hydrogen-bond acceptors (Lipinski definition) is 3. The Morgan fingerprint density at radius 2 is 2.05 bits per heavy atom. The number of benzene rings is 1. The van der Waals surface area contributed by atoms with Crippen LogP contribution >= 0.6 is 0 Å². The summed E-state index contributed by atoms with van der Waals surface area (Å²) >= 11 is 0. The van der Waals surface area contributed by atoms with Crippen molar-refractivity contribution in [2.75, 3.05) is 19.7 Å². The number of nitrogens with zero attached hydrogens (tertiary/aromatic N) is 1. The molecule has 0 spiro atoms. The molecule has 1 saturated heterocycles. The quantitative estimate of drug-likeness (QED) is 0.799. The van der Waals surface area contributed by atoms with E-state index in [0.29, 0.717) is 19.0 Å². The number of likely N-dealkylation sites (tertiary alicyclic amines) is 1. The average molecular weight is 275 g/mol. The molecule has 1 aromatic rings. The van der Waals surface area contributed by atoms with Crippen molar-refractivity contribution in [3.05, 3.63) is 29.1 Å². The molecule has 1 amide bonds. The number of aromatic hydroxyl groups is 1. The minimum absolute atomic E-state index is 0.102. The normalized spacial score (nSPS) is 18.9. The molecule has 4 nitrogen and oxygen atoms in total. The topological polar surface area (TPSA) is 60.8 Å². The van der Waals surface area contributed by atoms with Crippen molar-refractivity contribution in [1.82, 2.24) is 4.90 Å². The molecule has 0 bridgehead atoms. The summed E-state index contributed by atoms with van der Waals surface area (Å²) in [5, 5.41) is 18.0. The van der Waals surface area contributed by atoms with Crippen molar-refractivity contribution in [3.63, 3.8) is 0 Å². The summed E-state index contributed by atoms with van der Waals surface area (Å²) in [5.74, 6) is -7.12. The molecule has 104 valence electrons. The van der Waals surface area contributed by atoms with Gasteiger partial charge in [-0.2, -0.15) is 4.39 Å². The van der Waals surface area contributed by atoms with Crippen molar-refractivity contribution in [3.8, 4) is 5.75 Å². The first kappa shape index (κ1) is 13.7. The Hall–Kier alpha value is -1.76. The van der Waals surface area contributed by atoms with Crippen LogP contribution in [0.3, 0.4) is 0 Å². The Bertz CT molecular complexity index is 521. The van der Waals surface area contributed by atoms with Gasteiger partial charge in [-0.3, -0.25) is 4.79 Å². The van der Waals surface area contributed by atoms with Crippen LogP contribution in [-0.2, 0) is 0 Å². The molecule has 1 aliphatic heterocycles. The van der Waals surface area contributed by atoms with Crippen LogP contribution in [0.2, 0.25) is 0 Å². The van der Waals surface area contributed by atoms with E-state index < -0.39 is 34.7 Å². The second kappa shape index (κ2) is 5.08. The first-order valence-electron chi connectivity index (χ1n) is 5.72. The second-order valence-corrected chi connectivity index (χ2v) is 4.47. The Kier molecular flexibility index (Phi) is 3.66. The van der Waals surface area contributed by atoms with Crippen molar-refractivity contribution in [2.24, 2.45) is 5.92 Å². The fourth-order valence-corrected chi connectivity index (χ4v) is 2.08. The van der Waals surface area contributed by atoms with Gasteiger partial charge in [-0.15, -0.1) is 0 Å². The van der Waals surface area contributed by atoms with Gasteiger partial charge in [-0.05, 0) is 12.5 Å². The van der Waals surface area contributed by atoms with E-state index in [1.54, 1.807) is 0 Å². The maximum atomic E-state index is 13.6. The Balaban J connectivity index is 2.30. The SMILES string of the molecule is O=C(c1cc(F)c(F)c(O)c1F)N1CCC(CO)C1. The molecule has 0 saturated carbocycles. The largest absolute Gasteiger partial charge is 0.503 e. The average Bonchev–Trinajstić information content (AvgIpc) is 2.88. The minimum Gasteiger partial charge on any atom is -0.503 e. The van der Waals surface area contributed by atoms with Crippen molar-refractivity contribution in [2.45, 2.75) is 6.42 Å². The molecule has 1 atom stereocenters. The van der Waals surface area contributed by atoms with Crippen molar-refractivity contribution in [1.29, 1.82) is 0 Å². The molecule has 1 aromatic carbocycles. The van der Waals surface area contributed by atoms with Gasteiger partial charge in [0.25, 0.3) is 5.91 Å². The van der Waals surface area contributed by atoms with Crippen molar-refractivity contribution >= 4 is 5.91 Å². The van der Waals surface area contributed by atoms with Gasteiger partial charge in [0.2, 0.25) is 5.82 Å². The van der Waals surface area contributed by atoms with Crippen LogP contribution in [0.5, 0.6) is 5.75 Å². The zero-order valence-electron chi connectivity index (χ0n) is 9.87. The zero-order chi connectivity index (χ0) is 14.2. The molecular formula is C12H12F3NO3. The molecule has 2 rings (SSSR count). The maximum Gasteiger partial charge on any atom is 0.257 e. The lowest BCUT2D eigenvalue weighted by atomic mass is 10.1. The molecule has 0 radical (unpaired) electrons. The van der Waals surface area contributed by atoms with Gasteiger partial charge < -0.3 is 15.1 Å². The summed E-state index contributed by atoms with van der Waals surface area (Å²) < 4.78 is 39.6. The van der Waals surface area contributed by atoms with E-state index in [0.717, 1.165) is 0 Å². The summed E-state index contributed by atoms with van der Waals surface area (Å²) in [6, 6.07) is 0.430. The lowest BCUT2D eigenvalue weighted by molar-refractivity contribution is 0.0775. The van der Waals surface area contributed by atoms with E-state index in [4.69, 9.17) is 10.2 Å². The van der Waals surface area contributed by atoms with E-state index >= 15 is 0 Å². The number of carbonyl (C=O) groups excluding carboxylic acids is 1. The monoisotopic (exact) mass is 275 g/mol. The first-order chi connectivity index (χ1) is 8.95. The number of aliphatic hydroxyl groups is 1. The van der Waals surface area contributed by atoms with Gasteiger partial charge in [-0.25, -0.2) is 8.78 Å². The fourth-order valence-electron chi connectivity index (χ4n) is 2.08. The fraction of sp³-hybridized carbons (Fsp3) is 0.417. The number of amides is 1. The highest BCUT2D eigenvalue weighted by molar-refractivity contribution is 5.95. The van der Waals surface area contributed by atoms with Gasteiger partial charge in [-0.1, -0.05) is 0 Å². The van der Waals surface area contributed by atoms with Crippen LogP contribution in [0.25, 0.3) is 0 Å². The van der Waals surface area contributed by atoms with Crippen LogP contribution in [0.4, 0.5) is 13.2 Å². The Labute approximate surface area is 107 Å². The molecule has 1 aliphatic rings. The van der Waals surface area contributed by atoms with Crippen LogP contribution in [-0.4, -0.2) is 40.7 Å². The molecule has 7 heteroatoms. The summed E-state index contributed by atoms with van der Waals surface area (Å²) in [5.41, 5.74) is -0.713. The number of carbonyl (C=O) groups is 1. The minimum atomic E-state index is -1.72. The van der Waals surface area contributed by atoms with Gasteiger partial charge in [0.05, 0.1) is 5.56 Å². The summed E-state index contributed by atoms with van der Waals surface area (Å²) in [4.78, 5) is 13.2. The number of phenols is 1. The number of hydrogen-bond donors (Lipinski definition) is 2. The summed E-state index contributed by atoms with van der Waals surface area (Å²) in [6.07, 6.45) is 0.555. The summed E-state index contributed by atoms with van der Waals surface area (Å²) in [6.45, 7) is 0.410. The van der Waals surface area contributed by atoms with Gasteiger partial charge in [0.1, 0.15) is 0 Å². The third kappa shape index (κ3) is 2.37. The zero-order valence-corrected chi connectivity index (χ0v) is 9.87. The van der Waals surface area contributed by atoms with E-state index in [-0.39, 0.29) is 19.1 Å². The first-order valence-corrected chi connectivity index (χ1v) is 5.72. The van der Waals surface area contributed by atoms with E-state index in [2.05, 4.69) is 0 Å². The maximum absolute atomic E-state index is 13.6. The van der Waals surface area contributed by atoms with Crippen molar-refractivity contribution < 1.29 is 28.2 Å². The summed E-state index contributed by atoms with van der Waals surface area (Å²) in [7, 11) is 0. The number of halogens is 3. The van der Waals surface area contributed by atoms with E-state index in [1.165, 1.54) is 4.90 Å². The molecule has 19 heavy (non-hydrogen) atoms. The van der Waals surface area contributed by atoms with Gasteiger partial charge in [0, 0.05) is 25.6 Å². The predicted molar refractivity (Wildman–Crippen MR) is 59.1 cm³/mol.